The number of carbonyl (C=O) groups excluding carboxylic acids is 1. The Morgan fingerprint density at radius 1 is 1.03 bits per heavy atom. The normalized spacial score (nSPS) is 16.8. The molecule has 1 fully saturated rings. The Kier molecular flexibility index (Phi) is 7.08. The number of ketones is 1. The third-order valence-corrected chi connectivity index (χ3v) is 7.04. The fraction of sp³-hybridized carbons (Fsp3) is 0.267. The standard InChI is InChI=1S/C30H29N3O4/c1-37-30-27(29(36)23-10-11-26(23)35)24-17-32-14-12-25(24)33-28(30)21-8-6-20(7-9-21)19-4-2-18(3-5-19)16-22(31)13-15-34/h2-9,12,14,17,23,26,31,34-35H,10-11,13,15-16H2,1H3/t23?,26-/m1/s1. The van der Waals surface area contributed by atoms with Crippen molar-refractivity contribution < 1.29 is 19.7 Å². The summed E-state index contributed by atoms with van der Waals surface area (Å²) >= 11 is 0. The van der Waals surface area contributed by atoms with Crippen LogP contribution in [0.25, 0.3) is 33.3 Å². The van der Waals surface area contributed by atoms with Crippen molar-refractivity contribution in [3.05, 3.63) is 78.1 Å². The number of Topliss-reactive ketones (excluding diaryl/α,β-unsaturated/α-hetero) is 1. The van der Waals surface area contributed by atoms with Crippen molar-refractivity contribution in [2.45, 2.75) is 31.8 Å². The number of methoxy groups -OCH3 is 1. The van der Waals surface area contributed by atoms with Gasteiger partial charge in [-0.15, -0.1) is 0 Å². The van der Waals surface area contributed by atoms with E-state index in [-0.39, 0.29) is 12.4 Å². The smallest absolute Gasteiger partial charge is 0.173 e. The monoisotopic (exact) mass is 495 g/mol. The molecule has 3 N–H and O–H groups in total. The number of fused-ring (bicyclic) bond motifs is 1. The Labute approximate surface area is 215 Å². The number of rotatable bonds is 9. The van der Waals surface area contributed by atoms with E-state index in [1.807, 2.05) is 48.5 Å². The molecule has 188 valence electrons. The Balaban J connectivity index is 1.49. The maximum atomic E-state index is 13.5. The van der Waals surface area contributed by atoms with Gasteiger partial charge in [-0.2, -0.15) is 0 Å². The van der Waals surface area contributed by atoms with Gasteiger partial charge in [0.15, 0.2) is 11.5 Å². The van der Waals surface area contributed by atoms with Gasteiger partial charge in [0, 0.05) is 54.4 Å². The van der Waals surface area contributed by atoms with Crippen LogP contribution in [0.15, 0.2) is 67.0 Å². The van der Waals surface area contributed by atoms with Crippen molar-refractivity contribution in [1.82, 2.24) is 9.97 Å². The molecule has 0 amide bonds. The number of benzene rings is 2. The minimum absolute atomic E-state index is 0.00477. The van der Waals surface area contributed by atoms with Gasteiger partial charge in [-0.3, -0.25) is 9.78 Å². The van der Waals surface area contributed by atoms with E-state index in [2.05, 4.69) is 4.98 Å². The van der Waals surface area contributed by atoms with E-state index in [0.717, 1.165) is 22.3 Å². The molecule has 1 unspecified atom stereocenters. The third-order valence-electron chi connectivity index (χ3n) is 7.04. The molecule has 5 rings (SSSR count). The number of nitrogens with one attached hydrogen (secondary N) is 1. The first kappa shape index (κ1) is 24.7. The minimum atomic E-state index is -0.633. The predicted molar refractivity (Wildman–Crippen MR) is 143 cm³/mol. The van der Waals surface area contributed by atoms with Crippen molar-refractivity contribution in [2.75, 3.05) is 13.7 Å². The molecular weight excluding hydrogens is 466 g/mol. The van der Waals surface area contributed by atoms with Gasteiger partial charge in [-0.25, -0.2) is 4.98 Å². The van der Waals surface area contributed by atoms with Crippen molar-refractivity contribution in [3.8, 4) is 28.1 Å². The van der Waals surface area contributed by atoms with Crippen molar-refractivity contribution in [1.29, 1.82) is 5.41 Å². The SMILES string of the molecule is COc1c(-c2ccc(-c3ccc(CC(=N)CCO)cc3)cc2)nc2ccncc2c1C(=O)C1CC[C@H]1O. The van der Waals surface area contributed by atoms with Gasteiger partial charge < -0.3 is 20.4 Å². The summed E-state index contributed by atoms with van der Waals surface area (Å²) in [4.78, 5) is 22.5. The second-order valence-electron chi connectivity index (χ2n) is 9.41. The highest BCUT2D eigenvalue weighted by Crippen LogP contribution is 2.41. The Hall–Kier alpha value is -3.94. The van der Waals surface area contributed by atoms with E-state index >= 15 is 0 Å². The van der Waals surface area contributed by atoms with E-state index in [0.29, 0.717) is 59.3 Å². The lowest BCUT2D eigenvalue weighted by Gasteiger charge is -2.31. The van der Waals surface area contributed by atoms with E-state index in [1.165, 1.54) is 7.11 Å². The zero-order chi connectivity index (χ0) is 25.9. The number of aliphatic hydroxyl groups excluding tert-OH is 2. The molecule has 0 radical (unpaired) electrons. The number of pyridine rings is 2. The fourth-order valence-electron chi connectivity index (χ4n) is 4.81. The van der Waals surface area contributed by atoms with Gasteiger partial charge in [-0.1, -0.05) is 48.5 Å². The summed E-state index contributed by atoms with van der Waals surface area (Å²) in [6, 6.07) is 17.8. The Morgan fingerprint density at radius 3 is 2.30 bits per heavy atom. The molecule has 4 aromatic rings. The maximum Gasteiger partial charge on any atom is 0.173 e. The first-order valence-corrected chi connectivity index (χ1v) is 12.4. The number of aromatic nitrogens is 2. The highest BCUT2D eigenvalue weighted by Gasteiger charge is 2.38. The number of ether oxygens (including phenoxy) is 1. The summed E-state index contributed by atoms with van der Waals surface area (Å²) < 4.78 is 5.77. The van der Waals surface area contributed by atoms with Crippen LogP contribution < -0.4 is 4.74 Å². The zero-order valence-corrected chi connectivity index (χ0v) is 20.6. The lowest BCUT2D eigenvalue weighted by atomic mass is 9.76. The number of nitrogens with zero attached hydrogens (tertiary/aromatic N) is 2. The summed E-state index contributed by atoms with van der Waals surface area (Å²) in [5.41, 5.74) is 6.07. The van der Waals surface area contributed by atoms with Crippen LogP contribution in [0.2, 0.25) is 0 Å². The fourth-order valence-corrected chi connectivity index (χ4v) is 4.81. The number of hydrogen-bond acceptors (Lipinski definition) is 7. The molecule has 2 aromatic carbocycles. The summed E-state index contributed by atoms with van der Waals surface area (Å²) in [7, 11) is 1.53. The van der Waals surface area contributed by atoms with Crippen molar-refractivity contribution >= 4 is 22.4 Å². The lowest BCUT2D eigenvalue weighted by Crippen LogP contribution is -2.37. The largest absolute Gasteiger partial charge is 0.494 e. The molecule has 0 spiro atoms. The summed E-state index contributed by atoms with van der Waals surface area (Å²) in [6.07, 6.45) is 4.84. The van der Waals surface area contributed by atoms with E-state index in [1.54, 1.807) is 18.5 Å². The second-order valence-corrected chi connectivity index (χ2v) is 9.41. The molecule has 7 heteroatoms. The van der Waals surface area contributed by atoms with E-state index in [9.17, 15) is 9.90 Å². The highest BCUT2D eigenvalue weighted by molar-refractivity contribution is 6.12. The second kappa shape index (κ2) is 10.6. The third kappa shape index (κ3) is 4.88. The quantitative estimate of drug-likeness (QED) is 0.225. The average molecular weight is 496 g/mol. The summed E-state index contributed by atoms with van der Waals surface area (Å²) in [5, 5.41) is 27.7. The Bertz CT molecular complexity index is 1450. The van der Waals surface area contributed by atoms with Gasteiger partial charge >= 0.3 is 0 Å². The topological polar surface area (TPSA) is 116 Å². The minimum Gasteiger partial charge on any atom is -0.494 e. The maximum absolute atomic E-state index is 13.5. The lowest BCUT2D eigenvalue weighted by molar-refractivity contribution is 0.0245. The Morgan fingerprint density at radius 2 is 1.70 bits per heavy atom. The molecule has 1 aliphatic rings. The molecule has 7 nitrogen and oxygen atoms in total. The van der Waals surface area contributed by atoms with Crippen LogP contribution in [0, 0.1) is 11.3 Å². The molecule has 37 heavy (non-hydrogen) atoms. The van der Waals surface area contributed by atoms with Crippen molar-refractivity contribution in [2.24, 2.45) is 5.92 Å². The number of aliphatic hydroxyl groups is 2. The van der Waals surface area contributed by atoms with Crippen LogP contribution in [0.5, 0.6) is 5.75 Å². The number of carbonyl (C=O) groups is 1. The van der Waals surface area contributed by atoms with Crippen LogP contribution >= 0.6 is 0 Å². The van der Waals surface area contributed by atoms with Gasteiger partial charge in [-0.05, 0) is 35.6 Å². The average Bonchev–Trinajstić information content (AvgIpc) is 2.91. The van der Waals surface area contributed by atoms with Crippen LogP contribution in [-0.2, 0) is 6.42 Å². The molecule has 2 aromatic heterocycles. The molecular formula is C30H29N3O4. The first-order chi connectivity index (χ1) is 18.0. The molecule has 0 saturated heterocycles. The summed E-state index contributed by atoms with van der Waals surface area (Å²) in [6.45, 7) is -0.00477. The van der Waals surface area contributed by atoms with Gasteiger partial charge in [0.2, 0.25) is 0 Å². The van der Waals surface area contributed by atoms with E-state index < -0.39 is 12.0 Å². The number of hydrogen-bond donors (Lipinski definition) is 3. The zero-order valence-electron chi connectivity index (χ0n) is 20.6. The van der Waals surface area contributed by atoms with Gasteiger partial charge in [0.25, 0.3) is 0 Å². The van der Waals surface area contributed by atoms with Crippen molar-refractivity contribution in [3.63, 3.8) is 0 Å². The molecule has 1 aliphatic carbocycles. The highest BCUT2D eigenvalue weighted by atomic mass is 16.5. The molecule has 2 atom stereocenters. The molecule has 0 bridgehead atoms. The molecule has 1 saturated carbocycles. The van der Waals surface area contributed by atoms with E-state index in [4.69, 9.17) is 20.2 Å². The summed E-state index contributed by atoms with van der Waals surface area (Å²) in [5.74, 6) is -0.182. The van der Waals surface area contributed by atoms with Crippen LogP contribution in [0.3, 0.4) is 0 Å². The molecule has 0 aliphatic heterocycles. The van der Waals surface area contributed by atoms with Gasteiger partial charge in [0.05, 0.1) is 24.3 Å². The van der Waals surface area contributed by atoms with Crippen LogP contribution in [0.1, 0.15) is 35.2 Å². The first-order valence-electron chi connectivity index (χ1n) is 12.4. The molecule has 2 heterocycles. The predicted octanol–water partition coefficient (Wildman–Crippen LogP) is 4.87. The van der Waals surface area contributed by atoms with Crippen LogP contribution in [-0.4, -0.2) is 51.5 Å². The van der Waals surface area contributed by atoms with Gasteiger partial charge in [0.1, 0.15) is 5.69 Å². The van der Waals surface area contributed by atoms with Crippen LogP contribution in [0.4, 0.5) is 0 Å².